The van der Waals surface area contributed by atoms with E-state index in [1.165, 1.54) is 22.7 Å². The minimum absolute atomic E-state index is 0.0794. The fourth-order valence-corrected chi connectivity index (χ4v) is 2.79. The molecule has 0 aromatic carbocycles. The highest BCUT2D eigenvalue weighted by Gasteiger charge is 2.13. The second kappa shape index (κ2) is 3.59. The molecular formula is C9H8N2OS2. The first-order valence-corrected chi connectivity index (χ1v) is 5.75. The van der Waals surface area contributed by atoms with E-state index in [0.717, 1.165) is 20.5 Å². The first kappa shape index (κ1) is 9.48. The van der Waals surface area contributed by atoms with Gasteiger partial charge in [0.1, 0.15) is 5.01 Å². The summed E-state index contributed by atoms with van der Waals surface area (Å²) in [5, 5.41) is 0.884. The van der Waals surface area contributed by atoms with Crippen LogP contribution in [0.15, 0.2) is 11.7 Å². The summed E-state index contributed by atoms with van der Waals surface area (Å²) in [6, 6.07) is 0. The molecule has 0 bridgehead atoms. The summed E-state index contributed by atoms with van der Waals surface area (Å²) >= 11 is 2.97. The van der Waals surface area contributed by atoms with Crippen molar-refractivity contribution in [2.24, 2.45) is 0 Å². The lowest BCUT2D eigenvalue weighted by molar-refractivity contribution is 0.102. The lowest BCUT2D eigenvalue weighted by Crippen LogP contribution is -1.89. The average Bonchev–Trinajstić information content (AvgIpc) is 2.70. The third-order valence-corrected chi connectivity index (χ3v) is 3.96. The van der Waals surface area contributed by atoms with Crippen molar-refractivity contribution in [2.45, 2.75) is 13.8 Å². The minimum atomic E-state index is 0.0794. The molecule has 72 valence electrons. The maximum Gasteiger partial charge on any atom is 0.171 e. The maximum absolute atomic E-state index is 11.2. The lowest BCUT2D eigenvalue weighted by Gasteiger charge is -1.85. The van der Waals surface area contributed by atoms with E-state index in [0.29, 0.717) is 0 Å². The maximum atomic E-state index is 11.2. The summed E-state index contributed by atoms with van der Waals surface area (Å²) in [6.07, 6.45) is 1.77. The van der Waals surface area contributed by atoms with Gasteiger partial charge in [0.25, 0.3) is 0 Å². The smallest absolute Gasteiger partial charge is 0.171 e. The van der Waals surface area contributed by atoms with Crippen LogP contribution in [-0.2, 0) is 0 Å². The van der Waals surface area contributed by atoms with Gasteiger partial charge in [-0.15, -0.1) is 22.7 Å². The van der Waals surface area contributed by atoms with Gasteiger partial charge >= 0.3 is 0 Å². The zero-order valence-electron chi connectivity index (χ0n) is 7.77. The van der Waals surface area contributed by atoms with Gasteiger partial charge in [-0.1, -0.05) is 0 Å². The van der Waals surface area contributed by atoms with E-state index in [9.17, 15) is 4.79 Å². The van der Waals surface area contributed by atoms with Crippen molar-refractivity contribution < 1.29 is 4.79 Å². The molecule has 0 amide bonds. The number of carbonyl (C=O) groups is 1. The zero-order valence-corrected chi connectivity index (χ0v) is 9.41. The Hall–Kier alpha value is -1.07. The summed E-state index contributed by atoms with van der Waals surface area (Å²) in [7, 11) is 0. The van der Waals surface area contributed by atoms with Crippen LogP contribution >= 0.6 is 22.7 Å². The summed E-state index contributed by atoms with van der Waals surface area (Å²) in [6.45, 7) is 3.43. The van der Waals surface area contributed by atoms with E-state index in [2.05, 4.69) is 9.97 Å². The summed E-state index contributed by atoms with van der Waals surface area (Å²) in [5.74, 6) is 0.0794. The van der Waals surface area contributed by atoms with Gasteiger partial charge in [0.05, 0.1) is 21.0 Å². The number of thiazole rings is 2. The highest BCUT2D eigenvalue weighted by molar-refractivity contribution is 7.21. The molecule has 2 aromatic heterocycles. The molecule has 0 saturated carbocycles. The van der Waals surface area contributed by atoms with Crippen LogP contribution in [0, 0.1) is 6.92 Å². The van der Waals surface area contributed by atoms with Crippen LogP contribution in [0.1, 0.15) is 22.3 Å². The van der Waals surface area contributed by atoms with Crippen LogP contribution in [0.5, 0.6) is 0 Å². The number of hydrogen-bond donors (Lipinski definition) is 0. The van der Waals surface area contributed by atoms with Crippen LogP contribution in [0.4, 0.5) is 0 Å². The molecule has 0 aliphatic heterocycles. The van der Waals surface area contributed by atoms with Crippen LogP contribution in [0.25, 0.3) is 9.88 Å². The molecule has 14 heavy (non-hydrogen) atoms. The third-order valence-electron chi connectivity index (χ3n) is 1.76. The number of ketones is 1. The Labute approximate surface area is 89.5 Å². The second-order valence-corrected chi connectivity index (χ2v) is 4.74. The predicted molar refractivity (Wildman–Crippen MR) is 58.0 cm³/mol. The van der Waals surface area contributed by atoms with Gasteiger partial charge in [-0.2, -0.15) is 0 Å². The molecule has 0 aliphatic rings. The molecule has 0 N–H and O–H groups in total. The van der Waals surface area contributed by atoms with Gasteiger partial charge in [-0.3, -0.25) is 9.78 Å². The molecule has 3 nitrogen and oxygen atoms in total. The van der Waals surface area contributed by atoms with Crippen molar-refractivity contribution in [3.05, 3.63) is 22.3 Å². The Kier molecular flexibility index (Phi) is 2.43. The monoisotopic (exact) mass is 224 g/mol. The molecule has 0 fully saturated rings. The van der Waals surface area contributed by atoms with Crippen molar-refractivity contribution in [1.29, 1.82) is 0 Å². The standard InChI is InChI=1S/C9H8N2OS2/c1-5-8(6(2)12)14-9(11-5)7-3-10-4-13-7/h3-4H,1-2H3. The van der Waals surface area contributed by atoms with E-state index >= 15 is 0 Å². The molecule has 0 unspecified atom stereocenters. The number of hydrogen-bond acceptors (Lipinski definition) is 5. The van der Waals surface area contributed by atoms with Crippen molar-refractivity contribution in [1.82, 2.24) is 9.97 Å². The van der Waals surface area contributed by atoms with E-state index in [4.69, 9.17) is 0 Å². The topological polar surface area (TPSA) is 42.9 Å². The molecule has 0 radical (unpaired) electrons. The summed E-state index contributed by atoms with van der Waals surface area (Å²) in [4.78, 5) is 21.3. The average molecular weight is 224 g/mol. The van der Waals surface area contributed by atoms with Gasteiger partial charge in [-0.25, -0.2) is 4.98 Å². The van der Waals surface area contributed by atoms with E-state index in [1.54, 1.807) is 18.6 Å². The summed E-state index contributed by atoms with van der Waals surface area (Å²) in [5.41, 5.74) is 2.57. The molecule has 2 rings (SSSR count). The first-order chi connectivity index (χ1) is 6.68. The summed E-state index contributed by atoms with van der Waals surface area (Å²) < 4.78 is 0. The van der Waals surface area contributed by atoms with Crippen molar-refractivity contribution in [2.75, 3.05) is 0 Å². The molecule has 5 heteroatoms. The van der Waals surface area contributed by atoms with Crippen molar-refractivity contribution >= 4 is 28.5 Å². The van der Waals surface area contributed by atoms with Crippen LogP contribution in [0.2, 0.25) is 0 Å². The number of aromatic nitrogens is 2. The van der Waals surface area contributed by atoms with E-state index in [-0.39, 0.29) is 5.78 Å². The first-order valence-electron chi connectivity index (χ1n) is 4.05. The van der Waals surface area contributed by atoms with Gasteiger partial charge in [0.2, 0.25) is 0 Å². The normalized spacial score (nSPS) is 10.4. The van der Waals surface area contributed by atoms with E-state index < -0.39 is 0 Å². The fourth-order valence-electron chi connectivity index (χ4n) is 1.15. The molecule has 2 heterocycles. The Morgan fingerprint density at radius 1 is 1.50 bits per heavy atom. The fraction of sp³-hybridized carbons (Fsp3) is 0.222. The van der Waals surface area contributed by atoms with Gasteiger partial charge in [0.15, 0.2) is 5.78 Å². The number of aryl methyl sites for hydroxylation is 1. The largest absolute Gasteiger partial charge is 0.294 e. The van der Waals surface area contributed by atoms with Crippen molar-refractivity contribution in [3.63, 3.8) is 0 Å². The number of Topliss-reactive ketones (excluding diaryl/α,β-unsaturated/α-hetero) is 1. The molecule has 0 saturated heterocycles. The Bertz CT molecular complexity index is 459. The highest BCUT2D eigenvalue weighted by atomic mass is 32.1. The Balaban J connectivity index is 2.48. The van der Waals surface area contributed by atoms with Gasteiger partial charge in [0, 0.05) is 13.1 Å². The third kappa shape index (κ3) is 1.60. The predicted octanol–water partition coefficient (Wildman–Crippen LogP) is 2.78. The molecule has 2 aromatic rings. The highest BCUT2D eigenvalue weighted by Crippen LogP contribution is 2.30. The SMILES string of the molecule is CC(=O)c1sc(-c2cncs2)nc1C. The Morgan fingerprint density at radius 2 is 2.29 bits per heavy atom. The number of nitrogens with zero attached hydrogens (tertiary/aromatic N) is 2. The molecule has 0 spiro atoms. The van der Waals surface area contributed by atoms with Gasteiger partial charge < -0.3 is 0 Å². The minimum Gasteiger partial charge on any atom is -0.294 e. The molecule has 0 atom stereocenters. The van der Waals surface area contributed by atoms with E-state index in [1.807, 2.05) is 6.92 Å². The zero-order chi connectivity index (χ0) is 10.1. The molecular weight excluding hydrogens is 216 g/mol. The quantitative estimate of drug-likeness (QED) is 0.737. The lowest BCUT2D eigenvalue weighted by atomic mass is 10.3. The van der Waals surface area contributed by atoms with Gasteiger partial charge in [-0.05, 0) is 6.92 Å². The second-order valence-electron chi connectivity index (χ2n) is 2.86. The Morgan fingerprint density at radius 3 is 2.79 bits per heavy atom. The molecule has 0 aliphatic carbocycles. The van der Waals surface area contributed by atoms with Crippen molar-refractivity contribution in [3.8, 4) is 9.88 Å². The number of rotatable bonds is 2. The van der Waals surface area contributed by atoms with Crippen LogP contribution in [-0.4, -0.2) is 15.8 Å². The van der Waals surface area contributed by atoms with Crippen LogP contribution < -0.4 is 0 Å². The van der Waals surface area contributed by atoms with Crippen LogP contribution in [0.3, 0.4) is 0 Å². The number of carbonyl (C=O) groups excluding carboxylic acids is 1.